The van der Waals surface area contributed by atoms with Crippen LogP contribution in [0.1, 0.15) is 118 Å². The van der Waals surface area contributed by atoms with E-state index in [2.05, 4.69) is 54.5 Å². The van der Waals surface area contributed by atoms with E-state index in [0.29, 0.717) is 11.8 Å². The highest BCUT2D eigenvalue weighted by Gasteiger charge is 2.69. The number of carboxylic acid groups (broad SMARTS) is 1. The molecule has 0 radical (unpaired) electrons. The topological polar surface area (TPSA) is 72.8 Å². The lowest BCUT2D eigenvalue weighted by Crippen LogP contribution is -2.65. The first kappa shape index (κ1) is 32.4. The largest absolute Gasteiger partial charge is 0.497 e. The van der Waals surface area contributed by atoms with E-state index in [4.69, 9.17) is 9.47 Å². The van der Waals surface area contributed by atoms with Gasteiger partial charge in [0.1, 0.15) is 11.9 Å². The Morgan fingerprint density at radius 3 is 2.22 bits per heavy atom. The number of allylic oxidation sites excluding steroid dienone is 2. The normalized spacial score (nSPS) is 41.5. The second-order valence-electron chi connectivity index (χ2n) is 17.6. The molecule has 0 unspecified atom stereocenters. The van der Waals surface area contributed by atoms with E-state index in [-0.39, 0.29) is 45.1 Å². The highest BCUT2D eigenvalue weighted by Crippen LogP contribution is 2.75. The van der Waals surface area contributed by atoms with Gasteiger partial charge in [0, 0.05) is 11.5 Å². The summed E-state index contributed by atoms with van der Waals surface area (Å²) in [5.74, 6) is 1.07. The van der Waals surface area contributed by atoms with E-state index >= 15 is 0 Å². The number of fused-ring (bicyclic) bond motifs is 7. The van der Waals surface area contributed by atoms with Gasteiger partial charge in [-0.3, -0.25) is 4.79 Å². The number of carboxylic acids is 1. The second-order valence-corrected chi connectivity index (χ2v) is 17.6. The van der Waals surface area contributed by atoms with Crippen molar-refractivity contribution < 1.29 is 24.2 Å². The first-order chi connectivity index (χ1) is 21.0. The molecule has 246 valence electrons. The van der Waals surface area contributed by atoms with Crippen molar-refractivity contribution in [2.24, 2.45) is 50.2 Å². The van der Waals surface area contributed by atoms with E-state index in [0.717, 1.165) is 75.5 Å². The molecule has 0 heterocycles. The van der Waals surface area contributed by atoms with Gasteiger partial charge in [0.25, 0.3) is 0 Å². The standard InChI is InChI=1S/C40H56O5/c1-35(2)21-23-40(34(42)43)24-22-38(6)28(29(40)25-35)14-15-31-37(5)19-18-32(36(3,4)30(37)17-20-39(31,38)7)45-33(41)16-11-26-9-12-27(44-8)13-10-26/h9-14,16,29-32H,15,17-25H2,1-8H3,(H,42,43)/b16-11-/t29-,30-,31+,32-,37-,38+,39+,40-/m0/s1. The van der Waals surface area contributed by atoms with Gasteiger partial charge >= 0.3 is 11.9 Å². The Morgan fingerprint density at radius 2 is 1.56 bits per heavy atom. The fourth-order valence-corrected chi connectivity index (χ4v) is 11.9. The number of carbonyl (C=O) groups excluding carboxylic acids is 1. The number of esters is 1. The number of aliphatic carboxylic acids is 1. The maximum Gasteiger partial charge on any atom is 0.331 e. The molecule has 0 aromatic heterocycles. The Bertz CT molecular complexity index is 1400. The van der Waals surface area contributed by atoms with Crippen molar-refractivity contribution in [3.05, 3.63) is 47.6 Å². The van der Waals surface area contributed by atoms with Crippen LogP contribution < -0.4 is 4.74 Å². The Morgan fingerprint density at radius 1 is 0.867 bits per heavy atom. The summed E-state index contributed by atoms with van der Waals surface area (Å²) in [5.41, 5.74) is 2.13. The first-order valence-corrected chi connectivity index (χ1v) is 17.5. The number of ether oxygens (including phenoxy) is 2. The summed E-state index contributed by atoms with van der Waals surface area (Å²) < 4.78 is 11.5. The predicted molar refractivity (Wildman–Crippen MR) is 179 cm³/mol. The molecule has 5 nitrogen and oxygen atoms in total. The molecule has 1 aromatic rings. The van der Waals surface area contributed by atoms with Crippen molar-refractivity contribution in [2.75, 3.05) is 7.11 Å². The molecule has 5 aliphatic rings. The minimum atomic E-state index is -0.600. The van der Waals surface area contributed by atoms with E-state index in [9.17, 15) is 14.7 Å². The third-order valence-corrected chi connectivity index (χ3v) is 14.8. The van der Waals surface area contributed by atoms with Gasteiger partial charge < -0.3 is 14.6 Å². The molecule has 0 aliphatic heterocycles. The van der Waals surface area contributed by atoms with Crippen LogP contribution in [0.2, 0.25) is 0 Å². The van der Waals surface area contributed by atoms with Crippen LogP contribution in [0, 0.1) is 50.2 Å². The SMILES string of the molecule is COc1ccc(/C=C\C(=O)O[C@H]2CC[C@]3(C)[C@H]4CC=C5[C@@H]6CC(C)(C)CC[C@]6(C(=O)O)CC[C@@]5(C)[C@]4(C)CC[C@H]3C2(C)C)cc1. The zero-order valence-corrected chi connectivity index (χ0v) is 29.0. The van der Waals surface area contributed by atoms with Crippen LogP contribution in [0.15, 0.2) is 42.0 Å². The van der Waals surface area contributed by atoms with Gasteiger partial charge in [-0.1, -0.05) is 72.2 Å². The summed E-state index contributed by atoms with van der Waals surface area (Å²) in [6.07, 6.45) is 15.6. The van der Waals surface area contributed by atoms with Gasteiger partial charge in [0.2, 0.25) is 0 Å². The highest BCUT2D eigenvalue weighted by atomic mass is 16.5. The highest BCUT2D eigenvalue weighted by molar-refractivity contribution is 5.87. The molecule has 5 heteroatoms. The molecule has 0 amide bonds. The third-order valence-electron chi connectivity index (χ3n) is 14.8. The molecule has 5 aliphatic carbocycles. The summed E-state index contributed by atoms with van der Waals surface area (Å²) in [6.45, 7) is 17.0. The molecule has 6 rings (SSSR count). The van der Waals surface area contributed by atoms with Crippen LogP contribution in [-0.4, -0.2) is 30.3 Å². The average Bonchev–Trinajstić information content (AvgIpc) is 2.97. The van der Waals surface area contributed by atoms with Gasteiger partial charge in [-0.25, -0.2) is 4.79 Å². The van der Waals surface area contributed by atoms with Crippen LogP contribution in [0.3, 0.4) is 0 Å². The first-order valence-electron chi connectivity index (χ1n) is 17.5. The fraction of sp³-hybridized carbons (Fsp3) is 0.700. The van der Waals surface area contributed by atoms with Crippen LogP contribution in [0.4, 0.5) is 0 Å². The number of benzene rings is 1. The van der Waals surface area contributed by atoms with Crippen LogP contribution in [0.5, 0.6) is 5.75 Å². The van der Waals surface area contributed by atoms with Crippen molar-refractivity contribution in [3.8, 4) is 5.75 Å². The van der Waals surface area contributed by atoms with Gasteiger partial charge in [-0.2, -0.15) is 0 Å². The number of rotatable bonds is 5. The van der Waals surface area contributed by atoms with Crippen LogP contribution in [-0.2, 0) is 14.3 Å². The van der Waals surface area contributed by atoms with Crippen molar-refractivity contribution in [2.45, 2.75) is 119 Å². The maximum absolute atomic E-state index is 13.1. The van der Waals surface area contributed by atoms with E-state index < -0.39 is 11.4 Å². The molecule has 4 fully saturated rings. The van der Waals surface area contributed by atoms with Gasteiger partial charge in [-0.15, -0.1) is 0 Å². The molecular formula is C40H56O5. The van der Waals surface area contributed by atoms with Crippen molar-refractivity contribution in [3.63, 3.8) is 0 Å². The lowest BCUT2D eigenvalue weighted by atomic mass is 9.33. The minimum absolute atomic E-state index is 0.0145. The Labute approximate surface area is 271 Å². The van der Waals surface area contributed by atoms with Crippen molar-refractivity contribution >= 4 is 18.0 Å². The lowest BCUT2D eigenvalue weighted by molar-refractivity contribution is -0.212. The molecular weight excluding hydrogens is 560 g/mol. The molecule has 0 spiro atoms. The number of hydrogen-bond donors (Lipinski definition) is 1. The third kappa shape index (κ3) is 4.84. The van der Waals surface area contributed by atoms with Gasteiger partial charge in [0.15, 0.2) is 0 Å². The summed E-state index contributed by atoms with van der Waals surface area (Å²) in [4.78, 5) is 26.0. The quantitative estimate of drug-likeness (QED) is 0.203. The Kier molecular flexibility index (Phi) is 7.73. The predicted octanol–water partition coefficient (Wildman–Crippen LogP) is 9.51. The average molecular weight is 617 g/mol. The fourth-order valence-electron chi connectivity index (χ4n) is 11.9. The van der Waals surface area contributed by atoms with E-state index in [1.165, 1.54) is 5.57 Å². The number of carbonyl (C=O) groups is 2. The van der Waals surface area contributed by atoms with Crippen molar-refractivity contribution in [1.29, 1.82) is 0 Å². The van der Waals surface area contributed by atoms with E-state index in [1.807, 2.05) is 30.3 Å². The lowest BCUT2D eigenvalue weighted by Gasteiger charge is -2.71. The summed E-state index contributed by atoms with van der Waals surface area (Å²) >= 11 is 0. The number of hydrogen-bond acceptors (Lipinski definition) is 4. The minimum Gasteiger partial charge on any atom is -0.497 e. The molecule has 1 N–H and O–H groups in total. The maximum atomic E-state index is 13.1. The molecule has 45 heavy (non-hydrogen) atoms. The summed E-state index contributed by atoms with van der Waals surface area (Å²) in [5, 5.41) is 10.6. The smallest absolute Gasteiger partial charge is 0.331 e. The van der Waals surface area contributed by atoms with Crippen LogP contribution >= 0.6 is 0 Å². The molecule has 0 saturated heterocycles. The van der Waals surface area contributed by atoms with Crippen molar-refractivity contribution in [1.82, 2.24) is 0 Å². The molecule has 8 atom stereocenters. The molecule has 4 saturated carbocycles. The summed E-state index contributed by atoms with van der Waals surface area (Å²) in [7, 11) is 1.65. The van der Waals surface area contributed by atoms with E-state index in [1.54, 1.807) is 13.2 Å². The van der Waals surface area contributed by atoms with Crippen LogP contribution in [0.25, 0.3) is 6.08 Å². The Hall–Kier alpha value is -2.56. The molecule has 1 aromatic carbocycles. The monoisotopic (exact) mass is 616 g/mol. The Balaban J connectivity index is 1.24. The zero-order valence-electron chi connectivity index (χ0n) is 29.0. The second kappa shape index (κ2) is 10.7. The zero-order chi connectivity index (χ0) is 32.6. The summed E-state index contributed by atoms with van der Waals surface area (Å²) in [6, 6.07) is 7.65. The van der Waals surface area contributed by atoms with Gasteiger partial charge in [-0.05, 0) is 127 Å². The molecule has 0 bridgehead atoms. The van der Waals surface area contributed by atoms with Gasteiger partial charge in [0.05, 0.1) is 12.5 Å². The number of methoxy groups -OCH3 is 1.